The number of carbonyl (C=O) groups excluding carboxylic acids is 2. The highest BCUT2D eigenvalue weighted by molar-refractivity contribution is 7.11. The summed E-state index contributed by atoms with van der Waals surface area (Å²) in [5.74, 6) is 0.0135. The van der Waals surface area contributed by atoms with Gasteiger partial charge in [-0.15, -0.1) is 11.3 Å². The van der Waals surface area contributed by atoms with Crippen LogP contribution in [0.1, 0.15) is 29.7 Å². The molecular formula is C15H20N2O3S. The molecule has 1 aliphatic rings. The van der Waals surface area contributed by atoms with Crippen LogP contribution in [-0.2, 0) is 16.2 Å². The molecule has 1 saturated heterocycles. The molecular weight excluding hydrogens is 288 g/mol. The van der Waals surface area contributed by atoms with E-state index in [0.717, 1.165) is 29.8 Å². The number of piperidine rings is 1. The van der Waals surface area contributed by atoms with Gasteiger partial charge in [0.25, 0.3) is 0 Å². The van der Waals surface area contributed by atoms with Gasteiger partial charge >= 0.3 is 0 Å². The van der Waals surface area contributed by atoms with Crippen LogP contribution in [0.3, 0.4) is 0 Å². The Kier molecular flexibility index (Phi) is 5.95. The Bertz CT molecular complexity index is 525. The predicted octanol–water partition coefficient (Wildman–Crippen LogP) is 1.38. The van der Waals surface area contributed by atoms with Crippen LogP contribution >= 0.6 is 11.3 Å². The van der Waals surface area contributed by atoms with Crippen molar-refractivity contribution < 1.29 is 14.7 Å². The molecule has 2 amide bonds. The van der Waals surface area contributed by atoms with E-state index >= 15 is 0 Å². The van der Waals surface area contributed by atoms with Gasteiger partial charge in [0.1, 0.15) is 0 Å². The molecule has 5 nitrogen and oxygen atoms in total. The van der Waals surface area contributed by atoms with Crippen LogP contribution in [0.4, 0.5) is 0 Å². The van der Waals surface area contributed by atoms with Crippen molar-refractivity contribution in [1.82, 2.24) is 10.2 Å². The number of amides is 2. The van der Waals surface area contributed by atoms with Gasteiger partial charge < -0.3 is 15.3 Å². The number of likely N-dealkylation sites (tertiary alicyclic amines) is 1. The van der Waals surface area contributed by atoms with Gasteiger partial charge in [0.15, 0.2) is 0 Å². The van der Waals surface area contributed by atoms with Gasteiger partial charge in [0, 0.05) is 37.0 Å². The summed E-state index contributed by atoms with van der Waals surface area (Å²) in [7, 11) is 0. The zero-order valence-corrected chi connectivity index (χ0v) is 12.7. The van der Waals surface area contributed by atoms with Crippen molar-refractivity contribution in [3.05, 3.63) is 28.0 Å². The lowest BCUT2D eigenvalue weighted by molar-refractivity contribution is -0.133. The first-order valence-corrected chi connectivity index (χ1v) is 7.99. The van der Waals surface area contributed by atoms with Crippen LogP contribution in [0, 0.1) is 0 Å². The number of carbonyl (C=O) groups is 2. The minimum absolute atomic E-state index is 0.0143. The highest BCUT2D eigenvalue weighted by Crippen LogP contribution is 2.16. The van der Waals surface area contributed by atoms with Gasteiger partial charge in [-0.2, -0.15) is 0 Å². The van der Waals surface area contributed by atoms with E-state index in [0.29, 0.717) is 19.5 Å². The third kappa shape index (κ3) is 4.99. The number of rotatable bonds is 6. The largest absolute Gasteiger partial charge is 0.392 e. The van der Waals surface area contributed by atoms with E-state index in [1.807, 2.05) is 11.4 Å². The Morgan fingerprint density at radius 2 is 2.33 bits per heavy atom. The molecule has 1 aromatic rings. The van der Waals surface area contributed by atoms with Crippen molar-refractivity contribution in [2.24, 2.45) is 0 Å². The molecule has 2 N–H and O–H groups in total. The van der Waals surface area contributed by atoms with E-state index in [9.17, 15) is 9.59 Å². The number of hydrogen-bond acceptors (Lipinski definition) is 4. The second-order valence-electron chi connectivity index (χ2n) is 4.98. The van der Waals surface area contributed by atoms with E-state index < -0.39 is 0 Å². The highest BCUT2D eigenvalue weighted by Gasteiger charge is 2.17. The zero-order valence-electron chi connectivity index (χ0n) is 11.9. The number of nitrogens with zero attached hydrogens (tertiary/aromatic N) is 1. The first-order chi connectivity index (χ1) is 10.2. The van der Waals surface area contributed by atoms with Crippen molar-refractivity contribution in [2.75, 3.05) is 19.6 Å². The summed E-state index contributed by atoms with van der Waals surface area (Å²) in [4.78, 5) is 26.0. The van der Waals surface area contributed by atoms with Crippen LogP contribution in [0.5, 0.6) is 0 Å². The molecule has 0 radical (unpaired) electrons. The van der Waals surface area contributed by atoms with Gasteiger partial charge in [-0.1, -0.05) is 0 Å². The molecule has 0 unspecified atom stereocenters. The van der Waals surface area contributed by atoms with Crippen LogP contribution in [-0.4, -0.2) is 41.5 Å². The second kappa shape index (κ2) is 7.95. The fourth-order valence-electron chi connectivity index (χ4n) is 2.19. The van der Waals surface area contributed by atoms with Crippen LogP contribution in [0.25, 0.3) is 6.08 Å². The summed E-state index contributed by atoms with van der Waals surface area (Å²) in [5, 5.41) is 13.6. The number of thiophene rings is 1. The maximum atomic E-state index is 11.7. The molecule has 21 heavy (non-hydrogen) atoms. The summed E-state index contributed by atoms with van der Waals surface area (Å²) >= 11 is 1.48. The fourth-order valence-corrected chi connectivity index (χ4v) is 2.99. The Morgan fingerprint density at radius 1 is 1.48 bits per heavy atom. The van der Waals surface area contributed by atoms with E-state index in [1.54, 1.807) is 11.0 Å². The molecule has 114 valence electrons. The molecule has 6 heteroatoms. The maximum Gasteiger partial charge on any atom is 0.244 e. The zero-order chi connectivity index (χ0) is 15.1. The smallest absolute Gasteiger partial charge is 0.244 e. The van der Waals surface area contributed by atoms with Gasteiger partial charge in [0.2, 0.25) is 11.8 Å². The fraction of sp³-hybridized carbons (Fsp3) is 0.467. The Labute approximate surface area is 128 Å². The molecule has 0 aromatic carbocycles. The summed E-state index contributed by atoms with van der Waals surface area (Å²) in [6, 6.07) is 1.85. The molecule has 0 bridgehead atoms. The molecule has 0 atom stereocenters. The topological polar surface area (TPSA) is 69.6 Å². The first-order valence-electron chi connectivity index (χ1n) is 7.11. The normalized spacial score (nSPS) is 15.7. The molecule has 2 heterocycles. The molecule has 1 fully saturated rings. The number of nitrogens with one attached hydrogen (secondary N) is 1. The molecule has 2 rings (SSSR count). The lowest BCUT2D eigenvalue weighted by atomic mass is 10.1. The van der Waals surface area contributed by atoms with Crippen molar-refractivity contribution in [3.8, 4) is 0 Å². The van der Waals surface area contributed by atoms with Crippen molar-refractivity contribution in [3.63, 3.8) is 0 Å². The lowest BCUT2D eigenvalue weighted by Crippen LogP contribution is -2.40. The first kappa shape index (κ1) is 15.7. The van der Waals surface area contributed by atoms with Crippen LogP contribution < -0.4 is 5.32 Å². The van der Waals surface area contributed by atoms with E-state index in [-0.39, 0.29) is 18.4 Å². The van der Waals surface area contributed by atoms with Crippen LogP contribution in [0.15, 0.2) is 17.5 Å². The average molecular weight is 308 g/mol. The Hall–Kier alpha value is -1.66. The second-order valence-corrected chi connectivity index (χ2v) is 5.92. The van der Waals surface area contributed by atoms with E-state index in [1.165, 1.54) is 17.4 Å². The third-order valence-electron chi connectivity index (χ3n) is 3.36. The lowest BCUT2D eigenvalue weighted by Gasteiger charge is -2.26. The number of hydrogen-bond donors (Lipinski definition) is 2. The number of aliphatic hydroxyl groups excluding tert-OH is 1. The standard InChI is InChI=1S/C15H20N2O3S/c18-10-12-9-13(21-11-12)4-5-14(19)16-6-8-17-7-2-1-3-15(17)20/h4-5,9,11,18H,1-3,6-8,10H2,(H,16,19). The summed E-state index contributed by atoms with van der Waals surface area (Å²) < 4.78 is 0. The Morgan fingerprint density at radius 3 is 3.05 bits per heavy atom. The van der Waals surface area contributed by atoms with Crippen molar-refractivity contribution >= 4 is 29.2 Å². The average Bonchev–Trinajstić information content (AvgIpc) is 2.95. The molecule has 0 saturated carbocycles. The SMILES string of the molecule is O=C(C=Cc1cc(CO)cs1)NCCN1CCCCC1=O. The van der Waals surface area contributed by atoms with Crippen LogP contribution in [0.2, 0.25) is 0 Å². The maximum absolute atomic E-state index is 11.7. The quantitative estimate of drug-likeness (QED) is 0.780. The summed E-state index contributed by atoms with van der Waals surface area (Å²) in [6.45, 7) is 1.86. The minimum atomic E-state index is -0.168. The Balaban J connectivity index is 1.70. The third-order valence-corrected chi connectivity index (χ3v) is 4.30. The molecule has 0 spiro atoms. The summed E-state index contributed by atoms with van der Waals surface area (Å²) in [5.41, 5.74) is 0.851. The number of aliphatic hydroxyl groups is 1. The van der Waals surface area contributed by atoms with Gasteiger partial charge in [-0.05, 0) is 35.9 Å². The van der Waals surface area contributed by atoms with Gasteiger partial charge in [0.05, 0.1) is 6.61 Å². The highest BCUT2D eigenvalue weighted by atomic mass is 32.1. The monoisotopic (exact) mass is 308 g/mol. The van der Waals surface area contributed by atoms with Gasteiger partial charge in [-0.3, -0.25) is 9.59 Å². The van der Waals surface area contributed by atoms with E-state index in [2.05, 4.69) is 5.32 Å². The molecule has 0 aliphatic carbocycles. The van der Waals surface area contributed by atoms with Gasteiger partial charge in [-0.25, -0.2) is 0 Å². The predicted molar refractivity (Wildman–Crippen MR) is 82.7 cm³/mol. The molecule has 1 aliphatic heterocycles. The minimum Gasteiger partial charge on any atom is -0.392 e. The van der Waals surface area contributed by atoms with E-state index in [4.69, 9.17) is 5.11 Å². The summed E-state index contributed by atoms with van der Waals surface area (Å²) in [6.07, 6.45) is 5.85. The molecule has 1 aromatic heterocycles. The van der Waals surface area contributed by atoms with Crippen molar-refractivity contribution in [1.29, 1.82) is 0 Å². The van der Waals surface area contributed by atoms with Crippen molar-refractivity contribution in [2.45, 2.75) is 25.9 Å².